The molecule has 1 aromatic heterocycles. The predicted molar refractivity (Wildman–Crippen MR) is 92.8 cm³/mol. The van der Waals surface area contributed by atoms with E-state index >= 15 is 0 Å². The Morgan fingerprint density at radius 3 is 2.48 bits per heavy atom. The molecule has 0 fully saturated rings. The summed E-state index contributed by atoms with van der Waals surface area (Å²) in [7, 11) is 0. The second-order valence-electron chi connectivity index (χ2n) is 5.65. The summed E-state index contributed by atoms with van der Waals surface area (Å²) in [5, 5.41) is 4.49. The number of carbonyl (C=O) groups excluding carboxylic acids is 1. The van der Waals surface area contributed by atoms with Crippen molar-refractivity contribution in [1.82, 2.24) is 9.78 Å². The van der Waals surface area contributed by atoms with Crippen molar-refractivity contribution < 1.29 is 13.6 Å². The number of carbonyl (C=O) groups is 1. The average Bonchev–Trinajstić information content (AvgIpc) is 2.88. The van der Waals surface area contributed by atoms with E-state index in [4.69, 9.17) is 0 Å². The third kappa shape index (κ3) is 3.40. The van der Waals surface area contributed by atoms with Crippen LogP contribution in [-0.4, -0.2) is 15.6 Å². The molecule has 126 valence electrons. The lowest BCUT2D eigenvalue weighted by Gasteiger charge is -2.03. The third-order valence-corrected chi connectivity index (χ3v) is 3.95. The summed E-state index contributed by atoms with van der Waals surface area (Å²) in [4.78, 5) is 12.2. The quantitative estimate of drug-likeness (QED) is 0.512. The van der Waals surface area contributed by atoms with Gasteiger partial charge in [0.05, 0.1) is 16.9 Å². The van der Waals surface area contributed by atoms with Gasteiger partial charge in [-0.15, -0.1) is 0 Å². The number of allylic oxidation sites excluding steroid dienone is 1. The molecule has 0 aliphatic heterocycles. The highest BCUT2D eigenvalue weighted by molar-refractivity contribution is 6.07. The first-order valence-corrected chi connectivity index (χ1v) is 7.76. The van der Waals surface area contributed by atoms with Gasteiger partial charge in [-0.2, -0.15) is 5.10 Å². The van der Waals surface area contributed by atoms with Gasteiger partial charge in [-0.3, -0.25) is 4.79 Å². The van der Waals surface area contributed by atoms with Crippen molar-refractivity contribution in [1.29, 1.82) is 0 Å². The van der Waals surface area contributed by atoms with Crippen LogP contribution in [0.3, 0.4) is 0 Å². The SMILES string of the molecule is Cc1nn(-c2ccccc2)c(C)c1C=CC(=O)c1ccc(F)cc1F. The van der Waals surface area contributed by atoms with E-state index < -0.39 is 17.4 Å². The molecular weight excluding hydrogens is 322 g/mol. The number of hydrogen-bond acceptors (Lipinski definition) is 2. The molecule has 0 radical (unpaired) electrons. The Kier molecular flexibility index (Phi) is 4.57. The number of ketones is 1. The second-order valence-corrected chi connectivity index (χ2v) is 5.65. The van der Waals surface area contributed by atoms with Gasteiger partial charge >= 0.3 is 0 Å². The molecule has 3 rings (SSSR count). The molecule has 0 aliphatic rings. The predicted octanol–water partition coefficient (Wildman–Crippen LogP) is 4.66. The summed E-state index contributed by atoms with van der Waals surface area (Å²) in [6.45, 7) is 3.74. The van der Waals surface area contributed by atoms with Crippen LogP contribution in [0.5, 0.6) is 0 Å². The highest BCUT2D eigenvalue weighted by atomic mass is 19.1. The number of para-hydroxylation sites is 1. The number of aromatic nitrogens is 2. The Hall–Kier alpha value is -3.08. The zero-order valence-electron chi connectivity index (χ0n) is 13.8. The van der Waals surface area contributed by atoms with Crippen molar-refractivity contribution in [3.63, 3.8) is 0 Å². The summed E-state index contributed by atoms with van der Waals surface area (Å²) in [5.41, 5.74) is 3.17. The molecule has 0 saturated heterocycles. The van der Waals surface area contributed by atoms with Gasteiger partial charge in [0.1, 0.15) is 11.6 Å². The summed E-state index contributed by atoms with van der Waals surface area (Å²) in [6, 6.07) is 12.5. The molecule has 0 bridgehead atoms. The van der Waals surface area contributed by atoms with E-state index in [0.29, 0.717) is 6.07 Å². The van der Waals surface area contributed by atoms with Crippen LogP contribution >= 0.6 is 0 Å². The fourth-order valence-corrected chi connectivity index (χ4v) is 2.65. The fraction of sp³-hybridized carbons (Fsp3) is 0.100. The maximum atomic E-state index is 13.7. The van der Waals surface area contributed by atoms with E-state index in [1.807, 2.05) is 44.2 Å². The van der Waals surface area contributed by atoms with Gasteiger partial charge in [-0.25, -0.2) is 13.5 Å². The topological polar surface area (TPSA) is 34.9 Å². The summed E-state index contributed by atoms with van der Waals surface area (Å²) in [5.74, 6) is -2.11. The van der Waals surface area contributed by atoms with E-state index in [0.717, 1.165) is 34.8 Å². The summed E-state index contributed by atoms with van der Waals surface area (Å²) < 4.78 is 28.4. The molecule has 3 aromatic rings. The summed E-state index contributed by atoms with van der Waals surface area (Å²) in [6.07, 6.45) is 2.89. The van der Waals surface area contributed by atoms with Crippen LogP contribution in [-0.2, 0) is 0 Å². The molecule has 0 N–H and O–H groups in total. The molecule has 1 heterocycles. The standard InChI is InChI=1S/C20H16F2N2O/c1-13-17(14(2)24(23-13)16-6-4-3-5-7-16)10-11-20(25)18-9-8-15(21)12-19(18)22/h3-12H,1-2H3. The first-order chi connectivity index (χ1) is 12.0. The first-order valence-electron chi connectivity index (χ1n) is 7.76. The number of nitrogens with zero attached hydrogens (tertiary/aromatic N) is 2. The minimum Gasteiger partial charge on any atom is -0.289 e. The molecule has 0 atom stereocenters. The van der Waals surface area contributed by atoms with Gasteiger partial charge in [-0.1, -0.05) is 18.2 Å². The van der Waals surface area contributed by atoms with Gasteiger partial charge < -0.3 is 0 Å². The highest BCUT2D eigenvalue weighted by Gasteiger charge is 2.13. The first kappa shape index (κ1) is 16.8. The van der Waals surface area contributed by atoms with Crippen molar-refractivity contribution in [3.8, 4) is 5.69 Å². The number of benzene rings is 2. The Morgan fingerprint density at radius 2 is 1.80 bits per heavy atom. The van der Waals surface area contributed by atoms with Gasteiger partial charge in [0, 0.05) is 17.3 Å². The zero-order chi connectivity index (χ0) is 18.0. The molecule has 5 heteroatoms. The molecule has 0 spiro atoms. The van der Waals surface area contributed by atoms with Crippen molar-refractivity contribution in [2.75, 3.05) is 0 Å². The maximum Gasteiger partial charge on any atom is 0.188 e. The Labute approximate surface area is 144 Å². The largest absolute Gasteiger partial charge is 0.289 e. The van der Waals surface area contributed by atoms with Gasteiger partial charge in [-0.05, 0) is 50.3 Å². The zero-order valence-corrected chi connectivity index (χ0v) is 13.8. The molecule has 0 aliphatic carbocycles. The van der Waals surface area contributed by atoms with Crippen LogP contribution < -0.4 is 0 Å². The summed E-state index contributed by atoms with van der Waals surface area (Å²) >= 11 is 0. The third-order valence-electron chi connectivity index (χ3n) is 3.95. The average molecular weight is 338 g/mol. The minimum atomic E-state index is -0.872. The molecule has 25 heavy (non-hydrogen) atoms. The van der Waals surface area contributed by atoms with Crippen LogP contribution in [0.15, 0.2) is 54.6 Å². The van der Waals surface area contributed by atoms with Crippen molar-refractivity contribution in [2.45, 2.75) is 13.8 Å². The molecular formula is C20H16F2N2O. The lowest BCUT2D eigenvalue weighted by Crippen LogP contribution is -1.99. The molecule has 2 aromatic carbocycles. The second kappa shape index (κ2) is 6.81. The minimum absolute atomic E-state index is 0.164. The number of hydrogen-bond donors (Lipinski definition) is 0. The lowest BCUT2D eigenvalue weighted by atomic mass is 10.1. The van der Waals surface area contributed by atoms with E-state index in [-0.39, 0.29) is 5.56 Å². The van der Waals surface area contributed by atoms with Crippen molar-refractivity contribution >= 4 is 11.9 Å². The van der Waals surface area contributed by atoms with E-state index in [1.54, 1.807) is 10.8 Å². The Bertz CT molecular complexity index is 959. The number of aryl methyl sites for hydroxylation is 1. The Morgan fingerprint density at radius 1 is 1.08 bits per heavy atom. The molecule has 0 unspecified atom stereocenters. The highest BCUT2D eigenvalue weighted by Crippen LogP contribution is 2.20. The van der Waals surface area contributed by atoms with Crippen molar-refractivity contribution in [3.05, 3.63) is 88.8 Å². The molecule has 0 amide bonds. The molecule has 3 nitrogen and oxygen atoms in total. The van der Waals surface area contributed by atoms with E-state index in [2.05, 4.69) is 5.10 Å². The van der Waals surface area contributed by atoms with Crippen molar-refractivity contribution in [2.24, 2.45) is 0 Å². The van der Waals surface area contributed by atoms with E-state index in [1.165, 1.54) is 6.08 Å². The fourth-order valence-electron chi connectivity index (χ4n) is 2.65. The van der Waals surface area contributed by atoms with Crippen LogP contribution in [0.1, 0.15) is 27.3 Å². The van der Waals surface area contributed by atoms with Crippen LogP contribution in [0.2, 0.25) is 0 Å². The number of rotatable bonds is 4. The number of halogens is 2. The Balaban J connectivity index is 1.92. The van der Waals surface area contributed by atoms with E-state index in [9.17, 15) is 13.6 Å². The van der Waals surface area contributed by atoms with Gasteiger partial charge in [0.15, 0.2) is 5.78 Å². The van der Waals surface area contributed by atoms with Crippen LogP contribution in [0.25, 0.3) is 11.8 Å². The van der Waals surface area contributed by atoms with Gasteiger partial charge in [0.2, 0.25) is 0 Å². The normalized spacial score (nSPS) is 11.2. The lowest BCUT2D eigenvalue weighted by molar-refractivity contribution is 0.104. The van der Waals surface area contributed by atoms with Crippen LogP contribution in [0.4, 0.5) is 8.78 Å². The van der Waals surface area contributed by atoms with Gasteiger partial charge in [0.25, 0.3) is 0 Å². The molecule has 0 saturated carbocycles. The smallest absolute Gasteiger partial charge is 0.188 e. The monoisotopic (exact) mass is 338 g/mol. The maximum absolute atomic E-state index is 13.7. The van der Waals surface area contributed by atoms with Crippen LogP contribution in [0, 0.1) is 25.5 Å².